The Kier molecular flexibility index (Phi) is 4.78. The number of thiophene rings is 1. The maximum atomic E-state index is 13.0. The van der Waals surface area contributed by atoms with Gasteiger partial charge in [-0.1, -0.05) is 0 Å². The van der Waals surface area contributed by atoms with Crippen LogP contribution < -0.4 is 10.2 Å². The molecule has 0 atom stereocenters. The van der Waals surface area contributed by atoms with Gasteiger partial charge in [-0.2, -0.15) is 0 Å². The van der Waals surface area contributed by atoms with Crippen molar-refractivity contribution in [3.63, 3.8) is 0 Å². The third-order valence-electron chi connectivity index (χ3n) is 5.43. The maximum Gasteiger partial charge on any atom is 0.266 e. The summed E-state index contributed by atoms with van der Waals surface area (Å²) in [6.07, 6.45) is 3.06. The summed E-state index contributed by atoms with van der Waals surface area (Å²) in [5, 5.41) is 3.85. The van der Waals surface area contributed by atoms with Gasteiger partial charge in [-0.3, -0.25) is 9.59 Å². The van der Waals surface area contributed by atoms with Gasteiger partial charge in [0.05, 0.1) is 16.8 Å². The van der Waals surface area contributed by atoms with Crippen molar-refractivity contribution in [2.24, 2.45) is 0 Å². The molecule has 1 N–H and O–H groups in total. The van der Waals surface area contributed by atoms with E-state index in [1.165, 1.54) is 11.3 Å². The van der Waals surface area contributed by atoms with E-state index >= 15 is 0 Å². The fourth-order valence-electron chi connectivity index (χ4n) is 3.91. The molecule has 1 aliphatic heterocycles. The van der Waals surface area contributed by atoms with E-state index in [1.54, 1.807) is 17.2 Å². The lowest BCUT2D eigenvalue weighted by atomic mass is 10.1. The number of aromatic nitrogens is 2. The minimum absolute atomic E-state index is 0.142. The third kappa shape index (κ3) is 3.48. The van der Waals surface area contributed by atoms with Crippen molar-refractivity contribution in [2.45, 2.75) is 26.7 Å². The number of benzene rings is 1. The maximum absolute atomic E-state index is 13.0. The summed E-state index contributed by atoms with van der Waals surface area (Å²) in [7, 11) is 0. The Balaban J connectivity index is 1.41. The summed E-state index contributed by atoms with van der Waals surface area (Å²) >= 11 is 1.34. The Labute approximate surface area is 182 Å². The molecule has 2 amide bonds. The van der Waals surface area contributed by atoms with Crippen LogP contribution >= 0.6 is 11.3 Å². The summed E-state index contributed by atoms with van der Waals surface area (Å²) in [5.41, 5.74) is 3.20. The van der Waals surface area contributed by atoms with Crippen molar-refractivity contribution < 1.29 is 14.0 Å². The fourth-order valence-corrected chi connectivity index (χ4v) is 5.03. The van der Waals surface area contributed by atoms with Crippen LogP contribution in [0.25, 0.3) is 21.8 Å². The molecule has 0 aliphatic carbocycles. The standard InChI is InChI=1S/C23H20N4O3S/c1-13-19-14(2)24-21(17-5-4-12-30-17)26-23(19)31-20(13)22(29)25-15-7-9-16(10-8-15)27-11-3-6-18(27)28/h4-5,7-10,12H,3,6,11H2,1-2H3,(H,25,29). The van der Waals surface area contributed by atoms with Crippen LogP contribution in [-0.4, -0.2) is 28.3 Å². The highest BCUT2D eigenvalue weighted by Crippen LogP contribution is 2.33. The molecule has 8 heteroatoms. The van der Waals surface area contributed by atoms with Crippen LogP contribution in [0.1, 0.15) is 33.8 Å². The van der Waals surface area contributed by atoms with Crippen LogP contribution in [0.15, 0.2) is 47.1 Å². The Morgan fingerprint density at radius 3 is 2.65 bits per heavy atom. The second-order valence-electron chi connectivity index (χ2n) is 7.50. The summed E-state index contributed by atoms with van der Waals surface area (Å²) in [6, 6.07) is 11.0. The lowest BCUT2D eigenvalue weighted by Gasteiger charge is -2.16. The number of nitrogens with one attached hydrogen (secondary N) is 1. The number of fused-ring (bicyclic) bond motifs is 1. The van der Waals surface area contributed by atoms with Gasteiger partial charge >= 0.3 is 0 Å². The van der Waals surface area contributed by atoms with Crippen molar-refractivity contribution in [3.05, 3.63) is 58.8 Å². The van der Waals surface area contributed by atoms with Crippen LogP contribution in [0, 0.1) is 13.8 Å². The number of furan rings is 1. The number of amides is 2. The minimum atomic E-state index is -0.190. The van der Waals surface area contributed by atoms with Gasteiger partial charge < -0.3 is 14.6 Å². The zero-order valence-electron chi connectivity index (χ0n) is 17.1. The Morgan fingerprint density at radius 2 is 1.97 bits per heavy atom. The molecule has 0 saturated carbocycles. The van der Waals surface area contributed by atoms with Gasteiger partial charge in [0.15, 0.2) is 11.6 Å². The average molecular weight is 433 g/mol. The quantitative estimate of drug-likeness (QED) is 0.493. The number of anilines is 2. The summed E-state index contributed by atoms with van der Waals surface area (Å²) in [4.78, 5) is 37.2. The number of hydrogen-bond donors (Lipinski definition) is 1. The number of rotatable bonds is 4. The molecule has 1 aliphatic rings. The highest BCUT2D eigenvalue weighted by Gasteiger charge is 2.22. The lowest BCUT2D eigenvalue weighted by Crippen LogP contribution is -2.23. The Morgan fingerprint density at radius 1 is 1.16 bits per heavy atom. The zero-order valence-corrected chi connectivity index (χ0v) is 18.0. The Hall–Kier alpha value is -3.52. The number of carbonyl (C=O) groups excluding carboxylic acids is 2. The molecule has 1 saturated heterocycles. The first-order chi connectivity index (χ1) is 15.0. The molecule has 7 nitrogen and oxygen atoms in total. The van der Waals surface area contributed by atoms with E-state index in [0.29, 0.717) is 28.6 Å². The van der Waals surface area contributed by atoms with Crippen molar-refractivity contribution in [3.8, 4) is 11.6 Å². The molecule has 0 unspecified atom stereocenters. The molecule has 156 valence electrons. The predicted octanol–water partition coefficient (Wildman–Crippen LogP) is 4.95. The van der Waals surface area contributed by atoms with Crippen molar-refractivity contribution in [1.29, 1.82) is 0 Å². The highest BCUT2D eigenvalue weighted by atomic mass is 32.1. The first kappa shape index (κ1) is 19.4. The van der Waals surface area contributed by atoms with E-state index in [4.69, 9.17) is 4.42 Å². The van der Waals surface area contributed by atoms with Crippen molar-refractivity contribution in [1.82, 2.24) is 9.97 Å². The van der Waals surface area contributed by atoms with E-state index in [2.05, 4.69) is 15.3 Å². The zero-order chi connectivity index (χ0) is 21.5. The molecule has 31 heavy (non-hydrogen) atoms. The van der Waals surface area contributed by atoms with Crippen LogP contribution in [0.2, 0.25) is 0 Å². The monoisotopic (exact) mass is 432 g/mol. The van der Waals surface area contributed by atoms with Gasteiger partial charge in [-0.05, 0) is 62.2 Å². The van der Waals surface area contributed by atoms with Crippen LogP contribution in [0.4, 0.5) is 11.4 Å². The first-order valence-electron chi connectivity index (χ1n) is 10.0. The van der Waals surface area contributed by atoms with E-state index < -0.39 is 0 Å². The molecular formula is C23H20N4O3S. The van der Waals surface area contributed by atoms with Crippen molar-refractivity contribution >= 4 is 44.7 Å². The fraction of sp³-hybridized carbons (Fsp3) is 0.217. The summed E-state index contributed by atoms with van der Waals surface area (Å²) < 4.78 is 5.42. The predicted molar refractivity (Wildman–Crippen MR) is 121 cm³/mol. The van der Waals surface area contributed by atoms with E-state index in [0.717, 1.165) is 40.1 Å². The third-order valence-corrected chi connectivity index (χ3v) is 6.61. The SMILES string of the molecule is Cc1nc(-c2ccco2)nc2sc(C(=O)Nc3ccc(N4CCCC4=O)cc3)c(C)c12. The van der Waals surface area contributed by atoms with Gasteiger partial charge in [-0.15, -0.1) is 11.3 Å². The largest absolute Gasteiger partial charge is 0.461 e. The lowest BCUT2D eigenvalue weighted by molar-refractivity contribution is -0.117. The summed E-state index contributed by atoms with van der Waals surface area (Å²) in [5.74, 6) is 1.06. The number of carbonyl (C=O) groups is 2. The second-order valence-corrected chi connectivity index (χ2v) is 8.50. The van der Waals surface area contributed by atoms with Gasteiger partial charge in [0.1, 0.15) is 4.83 Å². The normalized spacial score (nSPS) is 13.9. The van der Waals surface area contributed by atoms with Gasteiger partial charge in [0, 0.05) is 29.7 Å². The second kappa shape index (κ2) is 7.63. The Bertz CT molecular complexity index is 1290. The molecular weight excluding hydrogens is 412 g/mol. The number of nitrogens with zero attached hydrogens (tertiary/aromatic N) is 3. The summed E-state index contributed by atoms with van der Waals surface area (Å²) in [6.45, 7) is 4.57. The van der Waals surface area contributed by atoms with Crippen LogP contribution in [0.5, 0.6) is 0 Å². The van der Waals surface area contributed by atoms with Crippen LogP contribution in [0.3, 0.4) is 0 Å². The molecule has 4 heterocycles. The van der Waals surface area contributed by atoms with E-state index in [1.807, 2.05) is 44.2 Å². The first-order valence-corrected chi connectivity index (χ1v) is 10.9. The molecule has 4 aromatic rings. The molecule has 0 radical (unpaired) electrons. The topological polar surface area (TPSA) is 88.3 Å². The van der Waals surface area contributed by atoms with E-state index in [-0.39, 0.29) is 11.8 Å². The number of aryl methyl sites for hydroxylation is 2. The van der Waals surface area contributed by atoms with Gasteiger partial charge in [0.2, 0.25) is 5.91 Å². The average Bonchev–Trinajstić information content (AvgIpc) is 3.49. The molecule has 0 spiro atoms. The molecule has 1 fully saturated rings. The van der Waals surface area contributed by atoms with Gasteiger partial charge in [-0.25, -0.2) is 9.97 Å². The minimum Gasteiger partial charge on any atom is -0.461 e. The molecule has 3 aromatic heterocycles. The van der Waals surface area contributed by atoms with Crippen molar-refractivity contribution in [2.75, 3.05) is 16.8 Å². The van der Waals surface area contributed by atoms with Crippen LogP contribution in [-0.2, 0) is 4.79 Å². The number of hydrogen-bond acceptors (Lipinski definition) is 6. The van der Waals surface area contributed by atoms with Gasteiger partial charge in [0.25, 0.3) is 5.91 Å². The molecule has 1 aromatic carbocycles. The molecule has 5 rings (SSSR count). The van der Waals surface area contributed by atoms with E-state index in [9.17, 15) is 9.59 Å². The highest BCUT2D eigenvalue weighted by molar-refractivity contribution is 7.20. The molecule has 0 bridgehead atoms. The smallest absolute Gasteiger partial charge is 0.266 e.